The van der Waals surface area contributed by atoms with E-state index in [4.69, 9.17) is 21.3 Å². The van der Waals surface area contributed by atoms with E-state index in [-0.39, 0.29) is 0 Å². The average Bonchev–Trinajstić information content (AvgIpc) is 3.24. The van der Waals surface area contributed by atoms with E-state index in [0.717, 1.165) is 36.0 Å². The van der Waals surface area contributed by atoms with Gasteiger partial charge in [-0.3, -0.25) is 4.90 Å². The van der Waals surface area contributed by atoms with Crippen LogP contribution in [0.2, 0.25) is 5.02 Å². The molecule has 28 heavy (non-hydrogen) atoms. The molecule has 0 bridgehead atoms. The van der Waals surface area contributed by atoms with E-state index < -0.39 is 0 Å². The zero-order chi connectivity index (χ0) is 21.1. The maximum absolute atomic E-state index is 8.47. The van der Waals surface area contributed by atoms with Crippen LogP contribution >= 0.6 is 11.6 Å². The molecule has 1 aliphatic rings. The molecule has 0 saturated carbocycles. The van der Waals surface area contributed by atoms with E-state index in [1.165, 1.54) is 25.1 Å². The van der Waals surface area contributed by atoms with Gasteiger partial charge in [0.2, 0.25) is 0 Å². The van der Waals surface area contributed by atoms with Crippen molar-refractivity contribution in [1.29, 1.82) is 5.26 Å². The number of allylic oxidation sites excluding steroid dienone is 1. The second-order valence-corrected chi connectivity index (χ2v) is 7.95. The Morgan fingerprint density at radius 2 is 2.00 bits per heavy atom. The van der Waals surface area contributed by atoms with E-state index >= 15 is 0 Å². The largest absolute Gasteiger partial charge is 0.465 e. The van der Waals surface area contributed by atoms with Gasteiger partial charge in [-0.2, -0.15) is 5.26 Å². The highest BCUT2D eigenvalue weighted by Gasteiger charge is 2.19. The monoisotopic (exact) mass is 400 g/mol. The summed E-state index contributed by atoms with van der Waals surface area (Å²) in [5, 5.41) is 9.00. The first kappa shape index (κ1) is 24.0. The lowest BCUT2D eigenvalue weighted by Gasteiger charge is -2.12. The van der Waals surface area contributed by atoms with Gasteiger partial charge in [0.1, 0.15) is 17.6 Å². The maximum atomic E-state index is 8.47. The Balaban J connectivity index is 0.000000233. The van der Waals surface area contributed by atoms with Gasteiger partial charge in [-0.05, 0) is 75.9 Å². The van der Waals surface area contributed by atoms with Crippen LogP contribution in [0.15, 0.2) is 46.9 Å². The van der Waals surface area contributed by atoms with Crippen LogP contribution in [0.3, 0.4) is 0 Å². The van der Waals surface area contributed by atoms with Crippen molar-refractivity contribution in [3.05, 3.63) is 70.2 Å². The van der Waals surface area contributed by atoms with E-state index in [1.54, 1.807) is 12.1 Å². The molecular weight excluding hydrogens is 368 g/mol. The smallest absolute Gasteiger partial charge is 0.118 e. The molecule has 3 nitrogen and oxygen atoms in total. The highest BCUT2D eigenvalue weighted by molar-refractivity contribution is 6.31. The standard InChI is InChI=1S/C11H17NO.C8H6ClN.C5H10/c1-9-5-6-12(7-9)8-11-4-3-10(2)13-11;1-6-2-3-7(5-10)8(9)4-6;1-4-5(2)3/h3-4,9H,5-8H2,1-2H3;2-4H,1H3;2,4H2,1,3H3/t9-;;/m0../s1. The first-order chi connectivity index (χ1) is 13.2. The molecule has 152 valence electrons. The molecule has 2 heterocycles. The topological polar surface area (TPSA) is 40.2 Å². The van der Waals surface area contributed by atoms with Crippen LogP contribution in [-0.2, 0) is 6.54 Å². The van der Waals surface area contributed by atoms with Gasteiger partial charge >= 0.3 is 0 Å². The number of nitrogens with zero attached hydrogens (tertiary/aromatic N) is 2. The second kappa shape index (κ2) is 12.4. The Kier molecular flexibility index (Phi) is 10.7. The number of hydrogen-bond donors (Lipinski definition) is 0. The van der Waals surface area contributed by atoms with E-state index in [2.05, 4.69) is 31.4 Å². The summed E-state index contributed by atoms with van der Waals surface area (Å²) >= 11 is 5.71. The molecule has 0 radical (unpaired) electrons. The third-order valence-corrected chi connectivity index (χ3v) is 4.84. The Hall–Kier alpha value is -2.02. The highest BCUT2D eigenvalue weighted by Crippen LogP contribution is 2.18. The summed E-state index contributed by atoms with van der Waals surface area (Å²) in [7, 11) is 0. The summed E-state index contributed by atoms with van der Waals surface area (Å²) < 4.78 is 5.54. The quantitative estimate of drug-likeness (QED) is 0.524. The van der Waals surface area contributed by atoms with Crippen molar-refractivity contribution in [1.82, 2.24) is 4.90 Å². The minimum absolute atomic E-state index is 0.530. The Bertz CT molecular complexity index is 788. The fraction of sp³-hybridized carbons (Fsp3) is 0.458. The summed E-state index contributed by atoms with van der Waals surface area (Å²) in [4.78, 5) is 2.46. The van der Waals surface area contributed by atoms with Gasteiger partial charge in [-0.1, -0.05) is 37.1 Å². The molecule has 0 amide bonds. The van der Waals surface area contributed by atoms with Gasteiger partial charge < -0.3 is 4.42 Å². The Labute approximate surface area is 175 Å². The predicted molar refractivity (Wildman–Crippen MR) is 119 cm³/mol. The van der Waals surface area contributed by atoms with Gasteiger partial charge in [0.25, 0.3) is 0 Å². The van der Waals surface area contributed by atoms with Crippen LogP contribution < -0.4 is 0 Å². The van der Waals surface area contributed by atoms with Crippen molar-refractivity contribution in [3.8, 4) is 6.07 Å². The lowest BCUT2D eigenvalue weighted by molar-refractivity contribution is 0.286. The molecule has 1 atom stereocenters. The number of benzene rings is 1. The van der Waals surface area contributed by atoms with Gasteiger partial charge in [-0.25, -0.2) is 0 Å². The minimum atomic E-state index is 0.530. The Morgan fingerprint density at radius 3 is 2.43 bits per heavy atom. The second-order valence-electron chi connectivity index (χ2n) is 7.55. The van der Waals surface area contributed by atoms with Crippen LogP contribution in [0.5, 0.6) is 0 Å². The van der Waals surface area contributed by atoms with Crippen LogP contribution in [0, 0.1) is 31.1 Å². The van der Waals surface area contributed by atoms with E-state index in [0.29, 0.717) is 10.6 Å². The molecule has 0 N–H and O–H groups in total. The average molecular weight is 401 g/mol. The Morgan fingerprint density at radius 1 is 1.32 bits per heavy atom. The van der Waals surface area contributed by atoms with Crippen LogP contribution in [0.25, 0.3) is 0 Å². The number of likely N-dealkylation sites (tertiary alicyclic amines) is 1. The normalized spacial score (nSPS) is 15.7. The van der Waals surface area contributed by atoms with Gasteiger partial charge in [0, 0.05) is 6.54 Å². The van der Waals surface area contributed by atoms with Crippen molar-refractivity contribution in [3.63, 3.8) is 0 Å². The molecular formula is C24H33ClN2O. The van der Waals surface area contributed by atoms with Crippen molar-refractivity contribution in [2.45, 2.75) is 54.0 Å². The van der Waals surface area contributed by atoms with Gasteiger partial charge in [-0.15, -0.1) is 6.58 Å². The zero-order valence-corrected chi connectivity index (χ0v) is 18.6. The lowest BCUT2D eigenvalue weighted by Crippen LogP contribution is -2.19. The molecule has 0 aliphatic carbocycles. The number of hydrogen-bond acceptors (Lipinski definition) is 3. The maximum Gasteiger partial charge on any atom is 0.118 e. The summed E-state index contributed by atoms with van der Waals surface area (Å²) in [5.41, 5.74) is 2.86. The van der Waals surface area contributed by atoms with Crippen molar-refractivity contribution >= 4 is 11.6 Å². The first-order valence-corrected chi connectivity index (χ1v) is 10.2. The summed E-state index contributed by atoms with van der Waals surface area (Å²) in [6.07, 6.45) is 2.44. The molecule has 1 aromatic heterocycles. The molecule has 1 fully saturated rings. The molecule has 4 heteroatoms. The lowest BCUT2D eigenvalue weighted by atomic mass is 10.2. The van der Waals surface area contributed by atoms with E-state index in [1.807, 2.05) is 39.0 Å². The number of halogens is 1. The fourth-order valence-electron chi connectivity index (χ4n) is 2.67. The van der Waals surface area contributed by atoms with Crippen molar-refractivity contribution in [2.24, 2.45) is 5.92 Å². The molecule has 2 aromatic rings. The molecule has 0 unspecified atom stereocenters. The van der Waals surface area contributed by atoms with Gasteiger partial charge in [0.15, 0.2) is 0 Å². The number of aryl methyl sites for hydroxylation is 2. The molecule has 0 spiro atoms. The van der Waals surface area contributed by atoms with Crippen LogP contribution in [0.1, 0.15) is 56.3 Å². The summed E-state index contributed by atoms with van der Waals surface area (Å²) in [5.74, 6) is 2.98. The summed E-state index contributed by atoms with van der Waals surface area (Å²) in [6, 6.07) is 11.5. The third kappa shape index (κ3) is 9.26. The number of rotatable bonds is 3. The molecule has 3 rings (SSSR count). The summed E-state index contributed by atoms with van der Waals surface area (Å²) in [6.45, 7) is 17.5. The highest BCUT2D eigenvalue weighted by atomic mass is 35.5. The van der Waals surface area contributed by atoms with Crippen LogP contribution in [-0.4, -0.2) is 18.0 Å². The van der Waals surface area contributed by atoms with Crippen molar-refractivity contribution in [2.75, 3.05) is 13.1 Å². The fourth-order valence-corrected chi connectivity index (χ4v) is 2.95. The SMILES string of the molecule is C=C(C)CC.Cc1ccc(C#N)c(Cl)c1.Cc1ccc(CN2CC[C@H](C)C2)o1. The van der Waals surface area contributed by atoms with Gasteiger partial charge in [0.05, 0.1) is 17.1 Å². The third-order valence-electron chi connectivity index (χ3n) is 4.53. The molecule has 1 saturated heterocycles. The van der Waals surface area contributed by atoms with Crippen LogP contribution in [0.4, 0.5) is 0 Å². The number of furan rings is 1. The molecule has 1 aromatic carbocycles. The first-order valence-electron chi connectivity index (χ1n) is 9.83. The molecule has 1 aliphatic heterocycles. The van der Waals surface area contributed by atoms with E-state index in [9.17, 15) is 0 Å². The zero-order valence-electron chi connectivity index (χ0n) is 17.9. The van der Waals surface area contributed by atoms with Crippen molar-refractivity contribution < 1.29 is 4.42 Å². The predicted octanol–water partition coefficient (Wildman–Crippen LogP) is 6.92. The number of nitriles is 1. The minimum Gasteiger partial charge on any atom is -0.465 e.